The number of hydrogen-bond donors (Lipinski definition) is 0. The number of Topliss-reactive ketones (excluding diaryl/α,β-unsaturated/α-hetero) is 1. The van der Waals surface area contributed by atoms with Crippen LogP contribution in [0.4, 0.5) is 0 Å². The van der Waals surface area contributed by atoms with Gasteiger partial charge < -0.3 is 4.74 Å². The maximum absolute atomic E-state index is 12.4. The third kappa shape index (κ3) is 3.80. The number of rotatable bonds is 7. The highest BCUT2D eigenvalue weighted by atomic mass is 16.5. The number of carbonyl (C=O) groups excluding carboxylic acids is 1. The lowest BCUT2D eigenvalue weighted by molar-refractivity contribution is -0.129. The molecule has 0 saturated carbocycles. The minimum atomic E-state index is -0.355. The molecule has 0 aliphatic rings. The molecule has 1 aromatic carbocycles. The van der Waals surface area contributed by atoms with Gasteiger partial charge in [-0.3, -0.25) is 9.69 Å². The predicted molar refractivity (Wildman–Crippen MR) is 78.7 cm³/mol. The summed E-state index contributed by atoms with van der Waals surface area (Å²) in [5.41, 5.74) is 0.818. The maximum atomic E-state index is 12.4. The molecule has 0 bridgehead atoms. The molecule has 0 spiro atoms. The molecule has 3 nitrogen and oxygen atoms in total. The second-order valence-electron chi connectivity index (χ2n) is 5.29. The molecule has 106 valence electrons. The zero-order chi connectivity index (χ0) is 14.5. The second kappa shape index (κ2) is 6.71. The lowest BCUT2D eigenvalue weighted by atomic mass is 9.88. The smallest absolute Gasteiger partial charge is 0.153 e. The maximum Gasteiger partial charge on any atom is 0.153 e. The van der Waals surface area contributed by atoms with Crippen LogP contribution in [0, 0.1) is 0 Å². The molecule has 1 unspecified atom stereocenters. The van der Waals surface area contributed by atoms with E-state index >= 15 is 0 Å². The lowest BCUT2D eigenvalue weighted by Crippen LogP contribution is -2.48. The summed E-state index contributed by atoms with van der Waals surface area (Å²) in [6.07, 6.45) is 2.20. The van der Waals surface area contributed by atoms with Crippen LogP contribution in [0.3, 0.4) is 0 Å². The van der Waals surface area contributed by atoms with E-state index in [2.05, 4.69) is 6.92 Å². The number of nitrogens with zero attached hydrogens (tertiary/aromatic N) is 1. The van der Waals surface area contributed by atoms with Crippen molar-refractivity contribution < 1.29 is 9.53 Å². The van der Waals surface area contributed by atoms with Crippen LogP contribution in [0.15, 0.2) is 24.3 Å². The van der Waals surface area contributed by atoms with Gasteiger partial charge in [0.15, 0.2) is 5.78 Å². The molecule has 0 aromatic heterocycles. The van der Waals surface area contributed by atoms with Gasteiger partial charge in [-0.15, -0.1) is 0 Å². The van der Waals surface area contributed by atoms with E-state index < -0.39 is 0 Å². The van der Waals surface area contributed by atoms with Gasteiger partial charge in [-0.1, -0.05) is 19.1 Å². The Morgan fingerprint density at radius 1 is 1.26 bits per heavy atom. The molecule has 1 rings (SSSR count). The average molecular weight is 263 g/mol. The molecule has 0 N–H and O–H groups in total. The molecule has 0 saturated heterocycles. The van der Waals surface area contributed by atoms with Crippen molar-refractivity contribution in [2.75, 3.05) is 21.2 Å². The predicted octanol–water partition coefficient (Wildman–Crippen LogP) is 2.93. The molecule has 1 aromatic rings. The number of benzene rings is 1. The van der Waals surface area contributed by atoms with E-state index in [4.69, 9.17) is 4.74 Å². The largest absolute Gasteiger partial charge is 0.497 e. The van der Waals surface area contributed by atoms with Gasteiger partial charge in [0.25, 0.3) is 0 Å². The SMILES string of the molecule is CCC(C)(C(=O)CCc1ccc(OC)cc1)N(C)C. The van der Waals surface area contributed by atoms with Gasteiger partial charge in [-0.25, -0.2) is 0 Å². The Morgan fingerprint density at radius 2 is 1.84 bits per heavy atom. The lowest BCUT2D eigenvalue weighted by Gasteiger charge is -2.34. The van der Waals surface area contributed by atoms with E-state index in [1.165, 1.54) is 5.56 Å². The first-order valence-corrected chi connectivity index (χ1v) is 6.77. The van der Waals surface area contributed by atoms with Gasteiger partial charge in [0.1, 0.15) is 5.75 Å². The Hall–Kier alpha value is -1.35. The standard InChI is InChI=1S/C16H25NO2/c1-6-16(2,17(3)4)15(18)12-9-13-7-10-14(19-5)11-8-13/h7-8,10-11H,6,9,12H2,1-5H3. The van der Waals surface area contributed by atoms with E-state index in [0.717, 1.165) is 18.6 Å². The van der Waals surface area contributed by atoms with Crippen molar-refractivity contribution in [1.82, 2.24) is 4.90 Å². The Labute approximate surface area is 116 Å². The summed E-state index contributed by atoms with van der Waals surface area (Å²) < 4.78 is 5.12. The van der Waals surface area contributed by atoms with Gasteiger partial charge >= 0.3 is 0 Å². The van der Waals surface area contributed by atoms with Crippen molar-refractivity contribution in [3.63, 3.8) is 0 Å². The topological polar surface area (TPSA) is 29.5 Å². The van der Waals surface area contributed by atoms with Crippen LogP contribution >= 0.6 is 0 Å². The van der Waals surface area contributed by atoms with Crippen molar-refractivity contribution in [3.8, 4) is 5.75 Å². The zero-order valence-corrected chi connectivity index (χ0v) is 12.7. The summed E-state index contributed by atoms with van der Waals surface area (Å²) in [6.45, 7) is 4.08. The van der Waals surface area contributed by atoms with Crippen molar-refractivity contribution in [3.05, 3.63) is 29.8 Å². The third-order valence-corrected chi connectivity index (χ3v) is 4.08. The molecule has 0 aliphatic heterocycles. The number of hydrogen-bond acceptors (Lipinski definition) is 3. The van der Waals surface area contributed by atoms with E-state index in [0.29, 0.717) is 12.2 Å². The van der Waals surface area contributed by atoms with Crippen LogP contribution in [0.25, 0.3) is 0 Å². The molecule has 0 fully saturated rings. The van der Waals surface area contributed by atoms with Crippen LogP contribution in [0.1, 0.15) is 32.3 Å². The van der Waals surface area contributed by atoms with Crippen LogP contribution < -0.4 is 4.74 Å². The first-order valence-electron chi connectivity index (χ1n) is 6.77. The Kier molecular flexibility index (Phi) is 5.55. The van der Waals surface area contributed by atoms with Crippen LogP contribution in [0.2, 0.25) is 0 Å². The van der Waals surface area contributed by atoms with E-state index in [1.54, 1.807) is 7.11 Å². The molecule has 0 radical (unpaired) electrons. The van der Waals surface area contributed by atoms with Crippen LogP contribution in [-0.4, -0.2) is 37.4 Å². The molecular formula is C16H25NO2. The first-order chi connectivity index (χ1) is 8.93. The van der Waals surface area contributed by atoms with Crippen molar-refractivity contribution in [1.29, 1.82) is 0 Å². The molecule has 3 heteroatoms. The number of ether oxygens (including phenoxy) is 1. The number of likely N-dealkylation sites (N-methyl/N-ethyl adjacent to an activating group) is 1. The highest BCUT2D eigenvalue weighted by molar-refractivity contribution is 5.88. The monoisotopic (exact) mass is 263 g/mol. The fraction of sp³-hybridized carbons (Fsp3) is 0.562. The highest BCUT2D eigenvalue weighted by Gasteiger charge is 2.32. The van der Waals surface area contributed by atoms with Gasteiger partial charge in [0.2, 0.25) is 0 Å². The normalized spacial score (nSPS) is 14.2. The fourth-order valence-electron chi connectivity index (χ4n) is 2.08. The van der Waals surface area contributed by atoms with Crippen molar-refractivity contribution >= 4 is 5.78 Å². The molecule has 1 atom stereocenters. The minimum absolute atomic E-state index is 0.302. The number of ketones is 1. The Balaban J connectivity index is 2.62. The third-order valence-electron chi connectivity index (χ3n) is 4.08. The van der Waals surface area contributed by atoms with Gasteiger partial charge in [0, 0.05) is 6.42 Å². The molecule has 0 amide bonds. The quantitative estimate of drug-likeness (QED) is 0.757. The van der Waals surface area contributed by atoms with E-state index in [9.17, 15) is 4.79 Å². The van der Waals surface area contributed by atoms with Gasteiger partial charge in [-0.2, -0.15) is 0 Å². The zero-order valence-electron chi connectivity index (χ0n) is 12.7. The molecule has 0 heterocycles. The summed E-state index contributed by atoms with van der Waals surface area (Å²) in [5.74, 6) is 1.15. The fourth-order valence-corrected chi connectivity index (χ4v) is 2.08. The van der Waals surface area contributed by atoms with E-state index in [1.807, 2.05) is 50.2 Å². The first kappa shape index (κ1) is 15.7. The highest BCUT2D eigenvalue weighted by Crippen LogP contribution is 2.21. The summed E-state index contributed by atoms with van der Waals surface area (Å²) >= 11 is 0. The summed E-state index contributed by atoms with van der Waals surface area (Å²) in [6, 6.07) is 7.91. The number of methoxy groups -OCH3 is 1. The van der Waals surface area contributed by atoms with Gasteiger partial charge in [0.05, 0.1) is 12.6 Å². The molecule has 0 aliphatic carbocycles. The van der Waals surface area contributed by atoms with Crippen molar-refractivity contribution in [2.45, 2.75) is 38.6 Å². The summed E-state index contributed by atoms with van der Waals surface area (Å²) in [7, 11) is 5.59. The van der Waals surface area contributed by atoms with Crippen molar-refractivity contribution in [2.24, 2.45) is 0 Å². The summed E-state index contributed by atoms with van der Waals surface area (Å²) in [4.78, 5) is 14.4. The van der Waals surface area contributed by atoms with Gasteiger partial charge in [-0.05, 0) is 51.6 Å². The summed E-state index contributed by atoms with van der Waals surface area (Å²) in [5, 5.41) is 0. The number of aryl methyl sites for hydroxylation is 1. The Morgan fingerprint density at radius 3 is 2.26 bits per heavy atom. The second-order valence-corrected chi connectivity index (χ2v) is 5.29. The van der Waals surface area contributed by atoms with Crippen LogP contribution in [0.5, 0.6) is 5.75 Å². The number of carbonyl (C=O) groups is 1. The van der Waals surface area contributed by atoms with E-state index in [-0.39, 0.29) is 5.54 Å². The van der Waals surface area contributed by atoms with Crippen LogP contribution in [-0.2, 0) is 11.2 Å². The molecular weight excluding hydrogens is 238 g/mol. The molecule has 19 heavy (non-hydrogen) atoms. The minimum Gasteiger partial charge on any atom is -0.497 e. The Bertz CT molecular complexity index is 411. The average Bonchev–Trinajstić information content (AvgIpc) is 2.44.